The third kappa shape index (κ3) is 3.86. The number of ether oxygens (including phenoxy) is 1. The van der Waals surface area contributed by atoms with Crippen molar-refractivity contribution in [3.63, 3.8) is 0 Å². The van der Waals surface area contributed by atoms with E-state index >= 15 is 0 Å². The Bertz CT molecular complexity index is 716. The molecule has 1 unspecified atom stereocenters. The van der Waals surface area contributed by atoms with Crippen molar-refractivity contribution in [3.05, 3.63) is 41.0 Å². The lowest BCUT2D eigenvalue weighted by Gasteiger charge is -2.30. The summed E-state index contributed by atoms with van der Waals surface area (Å²) in [6.07, 6.45) is 2.51. The Morgan fingerprint density at radius 2 is 2.21 bits per heavy atom. The molecule has 3 rings (SSSR count). The number of rotatable bonds is 5. The molecule has 0 saturated carbocycles. The first-order valence-corrected chi connectivity index (χ1v) is 8.70. The molecule has 1 atom stereocenters. The van der Waals surface area contributed by atoms with Crippen molar-refractivity contribution >= 4 is 28.4 Å². The Balaban J connectivity index is 1.72. The number of fused-ring (bicyclic) bond motifs is 1. The van der Waals surface area contributed by atoms with Gasteiger partial charge in [-0.25, -0.2) is 0 Å². The van der Waals surface area contributed by atoms with Crippen LogP contribution in [-0.2, 0) is 16.1 Å². The lowest BCUT2D eigenvalue weighted by Crippen LogP contribution is -2.50. The summed E-state index contributed by atoms with van der Waals surface area (Å²) in [4.78, 5) is 19.0. The van der Waals surface area contributed by atoms with E-state index in [0.29, 0.717) is 37.9 Å². The van der Waals surface area contributed by atoms with Crippen LogP contribution < -0.4 is 5.32 Å². The zero-order chi connectivity index (χ0) is 16.9. The number of halogens is 1. The molecule has 1 aromatic carbocycles. The molecule has 0 bridgehead atoms. The van der Waals surface area contributed by atoms with Crippen molar-refractivity contribution < 1.29 is 9.53 Å². The lowest BCUT2D eigenvalue weighted by molar-refractivity contribution is -0.137. The van der Waals surface area contributed by atoms with Crippen molar-refractivity contribution in [1.82, 2.24) is 15.2 Å². The third-order valence-corrected chi connectivity index (χ3v) is 4.53. The summed E-state index contributed by atoms with van der Waals surface area (Å²) in [6, 6.07) is 7.50. The summed E-state index contributed by atoms with van der Waals surface area (Å²) in [7, 11) is 0. The van der Waals surface area contributed by atoms with Crippen LogP contribution in [0, 0.1) is 0 Å². The minimum atomic E-state index is -0.208. The van der Waals surface area contributed by atoms with Gasteiger partial charge < -0.3 is 15.0 Å². The van der Waals surface area contributed by atoms with E-state index < -0.39 is 0 Å². The van der Waals surface area contributed by atoms with E-state index in [9.17, 15) is 4.79 Å². The normalized spacial score (nSPS) is 16.3. The molecular weight excluding hydrogens is 326 g/mol. The fourth-order valence-electron chi connectivity index (χ4n) is 3.01. The van der Waals surface area contributed by atoms with Crippen molar-refractivity contribution in [2.45, 2.75) is 25.9 Å². The number of amides is 1. The lowest BCUT2D eigenvalue weighted by atomic mass is 10.1. The van der Waals surface area contributed by atoms with Crippen molar-refractivity contribution in [2.75, 3.05) is 26.3 Å². The monoisotopic (exact) mass is 347 g/mol. The molecule has 2 aromatic rings. The van der Waals surface area contributed by atoms with Gasteiger partial charge in [-0.2, -0.15) is 0 Å². The summed E-state index contributed by atoms with van der Waals surface area (Å²) in [5, 5.41) is 5.06. The Morgan fingerprint density at radius 1 is 1.42 bits per heavy atom. The molecule has 1 aliphatic rings. The number of nitrogens with zero attached hydrogens (tertiary/aromatic N) is 2. The minimum absolute atomic E-state index is 0.139. The van der Waals surface area contributed by atoms with Gasteiger partial charge in [0.05, 0.1) is 24.8 Å². The molecule has 1 amide bonds. The van der Waals surface area contributed by atoms with E-state index in [2.05, 4.69) is 10.3 Å². The second-order valence-corrected chi connectivity index (χ2v) is 6.36. The van der Waals surface area contributed by atoms with E-state index in [1.807, 2.05) is 36.1 Å². The van der Waals surface area contributed by atoms with Gasteiger partial charge in [-0.15, -0.1) is 0 Å². The number of morpholine rings is 1. The first-order chi connectivity index (χ1) is 11.7. The van der Waals surface area contributed by atoms with Gasteiger partial charge in [0.15, 0.2) is 0 Å². The maximum Gasteiger partial charge on any atom is 0.239 e. The highest BCUT2D eigenvalue weighted by atomic mass is 35.5. The maximum absolute atomic E-state index is 12.6. The Labute approximate surface area is 146 Å². The van der Waals surface area contributed by atoms with E-state index in [1.54, 1.807) is 6.20 Å². The molecule has 1 fully saturated rings. The molecule has 24 heavy (non-hydrogen) atoms. The number of carbonyl (C=O) groups excluding carboxylic acids is 1. The van der Waals surface area contributed by atoms with Gasteiger partial charge in [-0.3, -0.25) is 9.78 Å². The van der Waals surface area contributed by atoms with Gasteiger partial charge in [0, 0.05) is 36.2 Å². The predicted octanol–water partition coefficient (Wildman–Crippen LogP) is 2.62. The number of carbonyl (C=O) groups is 1. The number of hydrogen-bond donors (Lipinski definition) is 1. The van der Waals surface area contributed by atoms with Crippen LogP contribution in [-0.4, -0.2) is 48.1 Å². The smallest absolute Gasteiger partial charge is 0.239 e. The standard InChI is InChI=1S/C18H22ClN3O2/c1-2-16(18(23)22-6-8-24-9-7-22)21-12-14-11-15(19)10-13-4-3-5-20-17(13)14/h3-5,10-11,16,21H,2,6-9,12H2,1H3. The summed E-state index contributed by atoms with van der Waals surface area (Å²) < 4.78 is 5.32. The van der Waals surface area contributed by atoms with Gasteiger partial charge in [0.1, 0.15) is 0 Å². The molecule has 0 radical (unpaired) electrons. The average molecular weight is 348 g/mol. The molecule has 1 aliphatic heterocycles. The summed E-state index contributed by atoms with van der Waals surface area (Å²) in [5.41, 5.74) is 1.93. The number of aromatic nitrogens is 1. The molecule has 0 aliphatic carbocycles. The number of benzene rings is 1. The largest absolute Gasteiger partial charge is 0.378 e. The van der Waals surface area contributed by atoms with Gasteiger partial charge in [-0.05, 0) is 30.2 Å². The molecule has 128 valence electrons. The Morgan fingerprint density at radius 3 is 2.96 bits per heavy atom. The second kappa shape index (κ2) is 7.92. The van der Waals surface area contributed by atoms with Gasteiger partial charge >= 0.3 is 0 Å². The van der Waals surface area contributed by atoms with Gasteiger partial charge in [0.2, 0.25) is 5.91 Å². The fourth-order valence-corrected chi connectivity index (χ4v) is 3.26. The molecule has 1 saturated heterocycles. The van der Waals surface area contributed by atoms with Crippen LogP contribution in [0.15, 0.2) is 30.5 Å². The zero-order valence-electron chi connectivity index (χ0n) is 13.8. The second-order valence-electron chi connectivity index (χ2n) is 5.92. The maximum atomic E-state index is 12.6. The van der Waals surface area contributed by atoms with E-state index in [4.69, 9.17) is 16.3 Å². The Hall–Kier alpha value is -1.69. The molecular formula is C18H22ClN3O2. The van der Waals surface area contributed by atoms with Crippen molar-refractivity contribution in [2.24, 2.45) is 0 Å². The predicted molar refractivity (Wildman–Crippen MR) is 95.1 cm³/mol. The Kier molecular flexibility index (Phi) is 5.66. The van der Waals surface area contributed by atoms with Crippen LogP contribution in [0.3, 0.4) is 0 Å². The highest BCUT2D eigenvalue weighted by Gasteiger charge is 2.24. The molecule has 1 N–H and O–H groups in total. The van der Waals surface area contributed by atoms with Crippen LogP contribution in [0.2, 0.25) is 5.02 Å². The van der Waals surface area contributed by atoms with Crippen molar-refractivity contribution in [3.8, 4) is 0 Å². The first-order valence-electron chi connectivity index (χ1n) is 8.32. The highest BCUT2D eigenvalue weighted by Crippen LogP contribution is 2.22. The molecule has 6 heteroatoms. The van der Waals surface area contributed by atoms with E-state index in [0.717, 1.165) is 22.9 Å². The SMILES string of the molecule is CCC(NCc1cc(Cl)cc2cccnc12)C(=O)N1CCOCC1. The van der Waals surface area contributed by atoms with Crippen LogP contribution in [0.1, 0.15) is 18.9 Å². The van der Waals surface area contributed by atoms with Crippen molar-refractivity contribution in [1.29, 1.82) is 0 Å². The average Bonchev–Trinajstić information content (AvgIpc) is 2.62. The van der Waals surface area contributed by atoms with Crippen LogP contribution in [0.25, 0.3) is 10.9 Å². The number of nitrogens with one attached hydrogen (secondary N) is 1. The van der Waals surface area contributed by atoms with Crippen LogP contribution in [0.4, 0.5) is 0 Å². The minimum Gasteiger partial charge on any atom is -0.378 e. The van der Waals surface area contributed by atoms with Crippen LogP contribution in [0.5, 0.6) is 0 Å². The topological polar surface area (TPSA) is 54.5 Å². The fraction of sp³-hybridized carbons (Fsp3) is 0.444. The summed E-state index contributed by atoms with van der Waals surface area (Å²) >= 11 is 6.21. The molecule has 1 aromatic heterocycles. The van der Waals surface area contributed by atoms with E-state index in [-0.39, 0.29) is 11.9 Å². The highest BCUT2D eigenvalue weighted by molar-refractivity contribution is 6.31. The summed E-state index contributed by atoms with van der Waals surface area (Å²) in [6.45, 7) is 5.14. The quantitative estimate of drug-likeness (QED) is 0.903. The van der Waals surface area contributed by atoms with Crippen LogP contribution >= 0.6 is 11.6 Å². The third-order valence-electron chi connectivity index (χ3n) is 4.32. The number of pyridine rings is 1. The van der Waals surface area contributed by atoms with Gasteiger partial charge in [-0.1, -0.05) is 24.6 Å². The molecule has 5 nitrogen and oxygen atoms in total. The van der Waals surface area contributed by atoms with Gasteiger partial charge in [0.25, 0.3) is 0 Å². The van der Waals surface area contributed by atoms with E-state index in [1.165, 1.54) is 0 Å². The number of hydrogen-bond acceptors (Lipinski definition) is 4. The zero-order valence-corrected chi connectivity index (χ0v) is 14.6. The molecule has 0 spiro atoms. The molecule has 2 heterocycles. The summed E-state index contributed by atoms with van der Waals surface area (Å²) in [5.74, 6) is 0.139. The first kappa shape index (κ1) is 17.1.